The fourth-order valence-electron chi connectivity index (χ4n) is 2.33. The summed E-state index contributed by atoms with van der Waals surface area (Å²) in [5.41, 5.74) is 0. The summed E-state index contributed by atoms with van der Waals surface area (Å²) in [4.78, 5) is 22.1. The molecule has 0 radical (unpaired) electrons. The average molecular weight is 274 g/mol. The van der Waals surface area contributed by atoms with Gasteiger partial charge in [0.25, 0.3) is 0 Å². The molecule has 6 heteroatoms. The highest BCUT2D eigenvalue weighted by Crippen LogP contribution is 2.33. The van der Waals surface area contributed by atoms with Crippen LogP contribution >= 0.6 is 0 Å². The largest absolute Gasteiger partial charge is 0.463 e. The molecule has 1 aliphatic rings. The van der Waals surface area contributed by atoms with E-state index in [2.05, 4.69) is 0 Å². The molecule has 0 N–H and O–H groups in total. The molecule has 0 aromatic heterocycles. The molecule has 19 heavy (non-hydrogen) atoms. The summed E-state index contributed by atoms with van der Waals surface area (Å²) in [6, 6.07) is 0. The zero-order valence-corrected chi connectivity index (χ0v) is 12.0. The summed E-state index contributed by atoms with van der Waals surface area (Å²) in [5.74, 6) is -0.874. The average Bonchev–Trinajstić information content (AvgIpc) is 2.33. The molecule has 1 saturated heterocycles. The molecule has 5 atom stereocenters. The van der Waals surface area contributed by atoms with Gasteiger partial charge in [-0.2, -0.15) is 0 Å². The highest BCUT2D eigenvalue weighted by atomic mass is 16.7. The molecule has 6 nitrogen and oxygen atoms in total. The Morgan fingerprint density at radius 2 is 1.74 bits per heavy atom. The first kappa shape index (κ1) is 15.9. The number of carbonyl (C=O) groups excluding carboxylic acids is 2. The predicted octanol–water partition coefficient (Wildman–Crippen LogP) is 1.12. The van der Waals surface area contributed by atoms with Crippen LogP contribution in [-0.4, -0.2) is 44.2 Å². The number of rotatable bonds is 4. The van der Waals surface area contributed by atoms with Crippen molar-refractivity contribution in [2.45, 2.75) is 46.2 Å². The molecule has 0 spiro atoms. The van der Waals surface area contributed by atoms with Gasteiger partial charge in [-0.05, 0) is 0 Å². The van der Waals surface area contributed by atoms with Crippen molar-refractivity contribution in [1.29, 1.82) is 0 Å². The summed E-state index contributed by atoms with van der Waals surface area (Å²) in [5, 5.41) is 0. The molecule has 0 aromatic carbocycles. The monoisotopic (exact) mass is 274 g/mol. The van der Waals surface area contributed by atoms with Crippen LogP contribution in [0.4, 0.5) is 0 Å². The van der Waals surface area contributed by atoms with Gasteiger partial charge in [0, 0.05) is 32.8 Å². The quantitative estimate of drug-likeness (QED) is 0.716. The summed E-state index contributed by atoms with van der Waals surface area (Å²) in [7, 11) is 1.53. The van der Waals surface area contributed by atoms with Gasteiger partial charge >= 0.3 is 11.9 Å². The van der Waals surface area contributed by atoms with Crippen molar-refractivity contribution in [3.05, 3.63) is 0 Å². The number of esters is 2. The molecule has 1 fully saturated rings. The van der Waals surface area contributed by atoms with Crippen LogP contribution < -0.4 is 0 Å². The molecule has 0 aromatic rings. The zero-order chi connectivity index (χ0) is 14.6. The van der Waals surface area contributed by atoms with Gasteiger partial charge in [-0.1, -0.05) is 13.8 Å². The van der Waals surface area contributed by atoms with Crippen molar-refractivity contribution in [3.63, 3.8) is 0 Å². The standard InChI is InChI=1S/C13H22O6/c1-7-11(6-17-9(3)14)19-13(16-5)8(2)12(7)18-10(4)15/h7-8,11-13H,6H2,1-5H3. The molecule has 5 unspecified atom stereocenters. The van der Waals surface area contributed by atoms with E-state index in [9.17, 15) is 9.59 Å². The molecular formula is C13H22O6. The number of hydrogen-bond acceptors (Lipinski definition) is 6. The Morgan fingerprint density at radius 3 is 2.21 bits per heavy atom. The highest BCUT2D eigenvalue weighted by Gasteiger charge is 2.44. The third kappa shape index (κ3) is 4.18. The number of methoxy groups -OCH3 is 1. The maximum absolute atomic E-state index is 11.2. The number of hydrogen-bond donors (Lipinski definition) is 0. The predicted molar refractivity (Wildman–Crippen MR) is 66.2 cm³/mol. The SMILES string of the molecule is COC1OC(COC(C)=O)C(C)C(OC(C)=O)C1C. The van der Waals surface area contributed by atoms with Gasteiger partial charge < -0.3 is 18.9 Å². The van der Waals surface area contributed by atoms with Crippen LogP contribution in [0.25, 0.3) is 0 Å². The number of carbonyl (C=O) groups is 2. The molecule has 0 bridgehead atoms. The van der Waals surface area contributed by atoms with E-state index in [1.807, 2.05) is 13.8 Å². The lowest BCUT2D eigenvalue weighted by Crippen LogP contribution is -2.52. The summed E-state index contributed by atoms with van der Waals surface area (Å²) < 4.78 is 21.3. The van der Waals surface area contributed by atoms with E-state index in [0.29, 0.717) is 0 Å². The van der Waals surface area contributed by atoms with Crippen LogP contribution in [0.1, 0.15) is 27.7 Å². The maximum atomic E-state index is 11.2. The van der Waals surface area contributed by atoms with Gasteiger partial charge in [0.1, 0.15) is 18.8 Å². The van der Waals surface area contributed by atoms with Gasteiger partial charge in [-0.3, -0.25) is 9.59 Å². The Hall–Kier alpha value is -1.14. The Kier molecular flexibility index (Phi) is 5.75. The van der Waals surface area contributed by atoms with E-state index >= 15 is 0 Å². The topological polar surface area (TPSA) is 71.1 Å². The van der Waals surface area contributed by atoms with Crippen molar-refractivity contribution < 1.29 is 28.5 Å². The first-order valence-electron chi connectivity index (χ1n) is 6.35. The van der Waals surface area contributed by atoms with Crippen LogP contribution in [-0.2, 0) is 28.5 Å². The fraction of sp³-hybridized carbons (Fsp3) is 0.846. The van der Waals surface area contributed by atoms with Gasteiger partial charge in [-0.15, -0.1) is 0 Å². The van der Waals surface area contributed by atoms with E-state index in [0.717, 1.165) is 0 Å². The third-order valence-corrected chi connectivity index (χ3v) is 3.35. The van der Waals surface area contributed by atoms with Crippen LogP contribution in [0, 0.1) is 11.8 Å². The Balaban J connectivity index is 2.77. The van der Waals surface area contributed by atoms with E-state index in [-0.39, 0.29) is 42.6 Å². The lowest BCUT2D eigenvalue weighted by Gasteiger charge is -2.43. The summed E-state index contributed by atoms with van der Waals surface area (Å²) >= 11 is 0. The molecular weight excluding hydrogens is 252 g/mol. The third-order valence-electron chi connectivity index (χ3n) is 3.35. The normalized spacial score (nSPS) is 34.7. The molecule has 1 heterocycles. The first-order chi connectivity index (χ1) is 8.86. The lowest BCUT2D eigenvalue weighted by atomic mass is 9.86. The Morgan fingerprint density at radius 1 is 1.11 bits per heavy atom. The minimum Gasteiger partial charge on any atom is -0.463 e. The van der Waals surface area contributed by atoms with Gasteiger partial charge in [0.05, 0.1) is 0 Å². The van der Waals surface area contributed by atoms with Crippen molar-refractivity contribution in [2.24, 2.45) is 11.8 Å². The highest BCUT2D eigenvalue weighted by molar-refractivity contribution is 5.66. The molecule has 1 aliphatic heterocycles. The molecule has 0 saturated carbocycles. The van der Waals surface area contributed by atoms with Crippen LogP contribution in [0.3, 0.4) is 0 Å². The van der Waals surface area contributed by atoms with Crippen molar-refractivity contribution in [2.75, 3.05) is 13.7 Å². The van der Waals surface area contributed by atoms with Crippen LogP contribution in [0.15, 0.2) is 0 Å². The lowest BCUT2D eigenvalue weighted by molar-refractivity contribution is -0.263. The summed E-state index contributed by atoms with van der Waals surface area (Å²) in [6.07, 6.45) is -1.16. The van der Waals surface area contributed by atoms with E-state index in [1.165, 1.54) is 21.0 Å². The minimum atomic E-state index is -0.485. The second-order valence-electron chi connectivity index (χ2n) is 4.87. The second kappa shape index (κ2) is 6.86. The van der Waals surface area contributed by atoms with Gasteiger partial charge in [-0.25, -0.2) is 0 Å². The maximum Gasteiger partial charge on any atom is 0.302 e. The van der Waals surface area contributed by atoms with Gasteiger partial charge in [0.15, 0.2) is 6.29 Å². The Bertz CT molecular complexity index is 329. The molecule has 0 amide bonds. The zero-order valence-electron chi connectivity index (χ0n) is 12.0. The van der Waals surface area contributed by atoms with E-state index < -0.39 is 6.29 Å². The van der Waals surface area contributed by atoms with Crippen molar-refractivity contribution in [1.82, 2.24) is 0 Å². The van der Waals surface area contributed by atoms with E-state index in [4.69, 9.17) is 18.9 Å². The smallest absolute Gasteiger partial charge is 0.302 e. The van der Waals surface area contributed by atoms with Crippen molar-refractivity contribution in [3.8, 4) is 0 Å². The Labute approximate surface area is 113 Å². The van der Waals surface area contributed by atoms with Crippen molar-refractivity contribution >= 4 is 11.9 Å². The van der Waals surface area contributed by atoms with Crippen LogP contribution in [0.5, 0.6) is 0 Å². The molecule has 1 rings (SSSR count). The van der Waals surface area contributed by atoms with E-state index in [1.54, 1.807) is 0 Å². The fourth-order valence-corrected chi connectivity index (χ4v) is 2.33. The number of ether oxygens (including phenoxy) is 4. The second-order valence-corrected chi connectivity index (χ2v) is 4.87. The molecule has 0 aliphatic carbocycles. The first-order valence-corrected chi connectivity index (χ1v) is 6.35. The van der Waals surface area contributed by atoms with Crippen LogP contribution in [0.2, 0.25) is 0 Å². The minimum absolute atomic E-state index is 0.0790. The molecule has 110 valence electrons. The van der Waals surface area contributed by atoms with Gasteiger partial charge in [0.2, 0.25) is 0 Å². The summed E-state index contributed by atoms with van der Waals surface area (Å²) in [6.45, 7) is 6.65.